The minimum Gasteiger partial charge on any atom is -0.496 e. The molecule has 1 amide bonds. The third-order valence-corrected chi connectivity index (χ3v) is 3.28. The number of hydrogen-bond acceptors (Lipinski definition) is 3. The van der Waals surface area contributed by atoms with Crippen molar-refractivity contribution in [2.24, 2.45) is 0 Å². The molecule has 1 aromatic heterocycles. The Labute approximate surface area is 129 Å². The van der Waals surface area contributed by atoms with Gasteiger partial charge in [-0.05, 0) is 36.8 Å². The lowest BCUT2D eigenvalue weighted by Crippen LogP contribution is -2.25. The van der Waals surface area contributed by atoms with Crippen molar-refractivity contribution in [1.29, 1.82) is 0 Å². The van der Waals surface area contributed by atoms with Crippen molar-refractivity contribution in [3.63, 3.8) is 0 Å². The lowest BCUT2D eigenvalue weighted by atomic mass is 10.1. The molecular formula is C16H17ClN2O2. The standard InChI is InChI=1S/C16H17ClN2O2/c1-11-7-13(17)8-12(16(11)21-2)9-15(20)19-10-14-5-3-4-6-18-14/h3-8H,9-10H2,1-2H3,(H,19,20). The highest BCUT2D eigenvalue weighted by molar-refractivity contribution is 6.30. The zero-order valence-corrected chi connectivity index (χ0v) is 12.8. The Morgan fingerprint density at radius 3 is 2.86 bits per heavy atom. The highest BCUT2D eigenvalue weighted by Gasteiger charge is 2.12. The Hall–Kier alpha value is -2.07. The fraction of sp³-hybridized carbons (Fsp3) is 0.250. The molecule has 0 spiro atoms. The summed E-state index contributed by atoms with van der Waals surface area (Å²) in [5.74, 6) is 0.605. The predicted molar refractivity (Wildman–Crippen MR) is 82.5 cm³/mol. The second kappa shape index (κ2) is 7.09. The average molecular weight is 305 g/mol. The van der Waals surface area contributed by atoms with Crippen molar-refractivity contribution in [3.8, 4) is 5.75 Å². The third-order valence-electron chi connectivity index (χ3n) is 3.06. The van der Waals surface area contributed by atoms with Gasteiger partial charge < -0.3 is 10.1 Å². The van der Waals surface area contributed by atoms with E-state index in [2.05, 4.69) is 10.3 Å². The maximum absolute atomic E-state index is 12.0. The second-order valence-corrected chi connectivity index (χ2v) is 5.13. The number of aromatic nitrogens is 1. The van der Waals surface area contributed by atoms with Crippen LogP contribution in [0.4, 0.5) is 0 Å². The quantitative estimate of drug-likeness (QED) is 0.924. The van der Waals surface area contributed by atoms with E-state index >= 15 is 0 Å². The number of ether oxygens (including phenoxy) is 1. The van der Waals surface area contributed by atoms with Crippen LogP contribution in [0.2, 0.25) is 5.02 Å². The molecule has 0 unspecified atom stereocenters. The first-order valence-electron chi connectivity index (χ1n) is 6.59. The number of amides is 1. The number of aryl methyl sites for hydroxylation is 1. The first kappa shape index (κ1) is 15.3. The van der Waals surface area contributed by atoms with E-state index in [1.165, 1.54) is 0 Å². The molecule has 0 bridgehead atoms. The van der Waals surface area contributed by atoms with E-state index < -0.39 is 0 Å². The molecule has 0 fully saturated rings. The molecule has 110 valence electrons. The molecule has 0 aliphatic carbocycles. The maximum atomic E-state index is 12.0. The third kappa shape index (κ3) is 4.20. The highest BCUT2D eigenvalue weighted by Crippen LogP contribution is 2.27. The molecule has 0 aliphatic rings. The number of pyridine rings is 1. The molecule has 0 atom stereocenters. The number of nitrogens with one attached hydrogen (secondary N) is 1. The number of nitrogens with zero attached hydrogens (tertiary/aromatic N) is 1. The Bertz CT molecular complexity index is 630. The van der Waals surface area contributed by atoms with Crippen LogP contribution in [0.3, 0.4) is 0 Å². The van der Waals surface area contributed by atoms with Gasteiger partial charge in [-0.2, -0.15) is 0 Å². The Balaban J connectivity index is 2.03. The van der Waals surface area contributed by atoms with E-state index in [1.54, 1.807) is 19.4 Å². The summed E-state index contributed by atoms with van der Waals surface area (Å²) in [4.78, 5) is 16.2. The lowest BCUT2D eigenvalue weighted by molar-refractivity contribution is -0.120. The summed E-state index contributed by atoms with van der Waals surface area (Å²) in [6.45, 7) is 2.31. The van der Waals surface area contributed by atoms with E-state index in [0.717, 1.165) is 16.8 Å². The number of rotatable bonds is 5. The normalized spacial score (nSPS) is 10.2. The zero-order valence-electron chi connectivity index (χ0n) is 12.0. The summed E-state index contributed by atoms with van der Waals surface area (Å²) in [6, 6.07) is 9.16. The van der Waals surface area contributed by atoms with Gasteiger partial charge in [-0.3, -0.25) is 9.78 Å². The Morgan fingerprint density at radius 1 is 1.38 bits per heavy atom. The molecule has 2 aromatic rings. The molecule has 21 heavy (non-hydrogen) atoms. The van der Waals surface area contributed by atoms with Gasteiger partial charge in [-0.1, -0.05) is 17.7 Å². The van der Waals surface area contributed by atoms with Gasteiger partial charge in [0.25, 0.3) is 0 Å². The first-order chi connectivity index (χ1) is 10.1. The average Bonchev–Trinajstić information content (AvgIpc) is 2.46. The zero-order chi connectivity index (χ0) is 15.2. The molecule has 0 radical (unpaired) electrons. The van der Waals surface area contributed by atoms with Gasteiger partial charge in [0.15, 0.2) is 0 Å². The van der Waals surface area contributed by atoms with Gasteiger partial charge in [0.05, 0.1) is 25.8 Å². The van der Waals surface area contributed by atoms with Crippen LogP contribution in [-0.4, -0.2) is 18.0 Å². The fourth-order valence-electron chi connectivity index (χ4n) is 2.15. The summed E-state index contributed by atoms with van der Waals surface area (Å²) in [5.41, 5.74) is 2.51. The van der Waals surface area contributed by atoms with Crippen molar-refractivity contribution in [2.75, 3.05) is 7.11 Å². The van der Waals surface area contributed by atoms with Gasteiger partial charge in [-0.15, -0.1) is 0 Å². The molecular weight excluding hydrogens is 288 g/mol. The molecule has 1 N–H and O–H groups in total. The van der Waals surface area contributed by atoms with E-state index in [1.807, 2.05) is 31.2 Å². The van der Waals surface area contributed by atoms with Crippen molar-refractivity contribution >= 4 is 17.5 Å². The molecule has 5 heteroatoms. The first-order valence-corrected chi connectivity index (χ1v) is 6.97. The van der Waals surface area contributed by atoms with Crippen molar-refractivity contribution in [2.45, 2.75) is 19.9 Å². The van der Waals surface area contributed by atoms with Crippen LogP contribution in [0.1, 0.15) is 16.8 Å². The molecule has 4 nitrogen and oxygen atoms in total. The monoisotopic (exact) mass is 304 g/mol. The van der Waals surface area contributed by atoms with Gasteiger partial charge >= 0.3 is 0 Å². The van der Waals surface area contributed by atoms with E-state index in [-0.39, 0.29) is 12.3 Å². The van der Waals surface area contributed by atoms with Gasteiger partial charge in [0.1, 0.15) is 5.75 Å². The number of hydrogen-bond donors (Lipinski definition) is 1. The summed E-state index contributed by atoms with van der Waals surface area (Å²) in [6.07, 6.45) is 1.92. The molecule has 0 aliphatic heterocycles. The SMILES string of the molecule is COc1c(C)cc(Cl)cc1CC(=O)NCc1ccccn1. The van der Waals surface area contributed by atoms with Crippen LogP contribution in [0.5, 0.6) is 5.75 Å². The van der Waals surface area contributed by atoms with E-state index in [4.69, 9.17) is 16.3 Å². The van der Waals surface area contributed by atoms with Crippen LogP contribution in [-0.2, 0) is 17.8 Å². The van der Waals surface area contributed by atoms with Gasteiger partial charge in [0, 0.05) is 16.8 Å². The maximum Gasteiger partial charge on any atom is 0.224 e. The number of halogens is 1. The van der Waals surface area contributed by atoms with Crippen LogP contribution in [0, 0.1) is 6.92 Å². The summed E-state index contributed by atoms with van der Waals surface area (Å²) in [5, 5.41) is 3.44. The molecule has 0 saturated heterocycles. The molecule has 1 aromatic carbocycles. The number of carbonyl (C=O) groups is 1. The minimum absolute atomic E-state index is 0.0966. The predicted octanol–water partition coefficient (Wildman–Crippen LogP) is 2.91. The van der Waals surface area contributed by atoms with E-state index in [9.17, 15) is 4.79 Å². The molecule has 2 rings (SSSR count). The summed E-state index contributed by atoms with van der Waals surface area (Å²) in [7, 11) is 1.59. The smallest absolute Gasteiger partial charge is 0.224 e. The van der Waals surface area contributed by atoms with Crippen LogP contribution >= 0.6 is 11.6 Å². The minimum atomic E-state index is -0.0966. The molecule has 1 heterocycles. The topological polar surface area (TPSA) is 51.2 Å². The fourth-order valence-corrected chi connectivity index (χ4v) is 2.45. The number of methoxy groups -OCH3 is 1. The van der Waals surface area contributed by atoms with Crippen molar-refractivity contribution in [1.82, 2.24) is 10.3 Å². The largest absolute Gasteiger partial charge is 0.496 e. The lowest BCUT2D eigenvalue weighted by Gasteiger charge is -2.12. The number of benzene rings is 1. The number of carbonyl (C=O) groups excluding carboxylic acids is 1. The van der Waals surface area contributed by atoms with Gasteiger partial charge in [0.2, 0.25) is 5.91 Å². The van der Waals surface area contributed by atoms with Gasteiger partial charge in [-0.25, -0.2) is 0 Å². The molecule has 0 saturated carbocycles. The highest BCUT2D eigenvalue weighted by atomic mass is 35.5. The Kier molecular flexibility index (Phi) is 5.17. The summed E-state index contributed by atoms with van der Waals surface area (Å²) >= 11 is 6.04. The van der Waals surface area contributed by atoms with Crippen LogP contribution in [0.25, 0.3) is 0 Å². The second-order valence-electron chi connectivity index (χ2n) is 4.69. The van der Waals surface area contributed by atoms with Crippen LogP contribution < -0.4 is 10.1 Å². The Morgan fingerprint density at radius 2 is 2.19 bits per heavy atom. The van der Waals surface area contributed by atoms with Crippen molar-refractivity contribution in [3.05, 3.63) is 58.4 Å². The van der Waals surface area contributed by atoms with Crippen molar-refractivity contribution < 1.29 is 9.53 Å². The van der Waals surface area contributed by atoms with Crippen LogP contribution in [0.15, 0.2) is 36.5 Å². The van der Waals surface area contributed by atoms with E-state index in [0.29, 0.717) is 17.3 Å². The summed E-state index contributed by atoms with van der Waals surface area (Å²) < 4.78 is 5.34.